The SMILES string of the molecule is CN1CCN(c2c3ncnc-3ncn2[Si](C)(C)C)CC1. The lowest BCUT2D eigenvalue weighted by Gasteiger charge is -2.38. The smallest absolute Gasteiger partial charge is 0.184 e. The topological polar surface area (TPSA) is 50.1 Å². The van der Waals surface area contributed by atoms with Crippen LogP contribution in [-0.2, 0) is 0 Å². The number of fused-ring (bicyclic) bond motifs is 1. The first-order chi connectivity index (χ1) is 9.47. The lowest BCUT2D eigenvalue weighted by Crippen LogP contribution is -2.47. The van der Waals surface area contributed by atoms with E-state index in [9.17, 15) is 0 Å². The molecule has 0 saturated carbocycles. The van der Waals surface area contributed by atoms with Gasteiger partial charge in [-0.25, -0.2) is 15.0 Å². The summed E-state index contributed by atoms with van der Waals surface area (Å²) in [5.74, 6) is 1.97. The van der Waals surface area contributed by atoms with E-state index in [1.807, 2.05) is 6.33 Å². The van der Waals surface area contributed by atoms with E-state index in [0.29, 0.717) is 0 Å². The Balaban J connectivity index is 2.09. The average Bonchev–Trinajstić information content (AvgIpc) is 2.85. The van der Waals surface area contributed by atoms with Crippen molar-refractivity contribution in [2.24, 2.45) is 0 Å². The Morgan fingerprint density at radius 2 is 1.70 bits per heavy atom. The minimum absolute atomic E-state index is 0.758. The molecule has 3 aliphatic heterocycles. The third-order valence-corrected chi connectivity index (χ3v) is 5.61. The molecule has 0 bridgehead atoms. The van der Waals surface area contributed by atoms with Gasteiger partial charge in [-0.2, -0.15) is 0 Å². The minimum Gasteiger partial charge on any atom is -0.354 e. The second kappa shape index (κ2) is 4.82. The third kappa shape index (κ3) is 2.31. The molecule has 0 aromatic rings. The molecular formula is C13H22N6Si. The van der Waals surface area contributed by atoms with Crippen LogP contribution in [0.4, 0.5) is 5.82 Å². The summed E-state index contributed by atoms with van der Waals surface area (Å²) in [6.45, 7) is 11.2. The summed E-state index contributed by atoms with van der Waals surface area (Å²) in [6.07, 6.45) is 3.57. The van der Waals surface area contributed by atoms with E-state index in [4.69, 9.17) is 0 Å². The van der Waals surface area contributed by atoms with Crippen molar-refractivity contribution >= 4 is 14.1 Å². The van der Waals surface area contributed by atoms with Crippen molar-refractivity contribution in [1.29, 1.82) is 0 Å². The highest BCUT2D eigenvalue weighted by Gasteiger charge is 2.29. The lowest BCUT2D eigenvalue weighted by atomic mass is 10.3. The van der Waals surface area contributed by atoms with Gasteiger partial charge in [0, 0.05) is 26.2 Å². The molecule has 0 radical (unpaired) electrons. The van der Waals surface area contributed by atoms with Crippen molar-refractivity contribution in [2.45, 2.75) is 19.6 Å². The summed E-state index contributed by atoms with van der Waals surface area (Å²) in [7, 11) is 0.637. The fraction of sp³-hybridized carbons (Fsp3) is 0.615. The van der Waals surface area contributed by atoms with E-state index in [2.05, 4.69) is 55.7 Å². The van der Waals surface area contributed by atoms with Gasteiger partial charge in [0.1, 0.15) is 17.8 Å². The molecule has 0 aliphatic carbocycles. The van der Waals surface area contributed by atoms with E-state index in [1.54, 1.807) is 6.33 Å². The maximum absolute atomic E-state index is 4.47. The Hall–Kier alpha value is -1.47. The van der Waals surface area contributed by atoms with E-state index in [0.717, 1.165) is 37.7 Å². The predicted octanol–water partition coefficient (Wildman–Crippen LogP) is 1.21. The molecule has 0 aromatic heterocycles. The minimum atomic E-state index is -1.54. The molecule has 0 amide bonds. The molecule has 6 nitrogen and oxygen atoms in total. The number of anilines is 1. The Morgan fingerprint density at radius 3 is 2.35 bits per heavy atom. The molecule has 108 valence electrons. The average molecular weight is 290 g/mol. The Bertz CT molecular complexity index is 567. The molecule has 20 heavy (non-hydrogen) atoms. The number of hydrogen-bond donors (Lipinski definition) is 0. The molecule has 1 saturated heterocycles. The van der Waals surface area contributed by atoms with Gasteiger partial charge in [-0.3, -0.25) is 0 Å². The zero-order valence-corrected chi connectivity index (χ0v) is 13.7. The molecule has 3 aliphatic rings. The largest absolute Gasteiger partial charge is 0.354 e. The molecule has 0 N–H and O–H groups in total. The van der Waals surface area contributed by atoms with E-state index < -0.39 is 8.24 Å². The molecule has 0 aromatic carbocycles. The lowest BCUT2D eigenvalue weighted by molar-refractivity contribution is 0.311. The molecule has 0 atom stereocenters. The number of likely N-dealkylation sites (N-methyl/N-ethyl adjacent to an activating group) is 1. The number of rotatable bonds is 2. The molecular weight excluding hydrogens is 268 g/mol. The highest BCUT2D eigenvalue weighted by atomic mass is 28.3. The van der Waals surface area contributed by atoms with Gasteiger partial charge in [0.25, 0.3) is 0 Å². The Labute approximate surface area is 120 Å². The van der Waals surface area contributed by atoms with Crippen molar-refractivity contribution < 1.29 is 0 Å². The Kier molecular flexibility index (Phi) is 3.25. The zero-order chi connectivity index (χ0) is 14.3. The fourth-order valence-corrected chi connectivity index (χ4v) is 3.89. The maximum atomic E-state index is 4.47. The maximum Gasteiger partial charge on any atom is 0.184 e. The van der Waals surface area contributed by atoms with Crippen LogP contribution >= 0.6 is 0 Å². The second-order valence-electron chi connectivity index (χ2n) is 6.45. The quantitative estimate of drug-likeness (QED) is 0.778. The molecule has 3 heterocycles. The molecule has 0 spiro atoms. The first kappa shape index (κ1) is 13.5. The number of imidazole rings is 1. The van der Waals surface area contributed by atoms with Crippen LogP contribution in [0.5, 0.6) is 0 Å². The van der Waals surface area contributed by atoms with Gasteiger partial charge in [0.15, 0.2) is 14.1 Å². The van der Waals surface area contributed by atoms with Crippen LogP contribution in [0.1, 0.15) is 0 Å². The first-order valence-electron chi connectivity index (χ1n) is 7.09. The van der Waals surface area contributed by atoms with Crippen LogP contribution in [0, 0.1) is 0 Å². The van der Waals surface area contributed by atoms with Crippen LogP contribution in [-0.4, -0.2) is 65.5 Å². The first-order valence-corrected chi connectivity index (χ1v) is 10.5. The summed E-state index contributed by atoms with van der Waals surface area (Å²) in [5.41, 5.74) is 0.944. The van der Waals surface area contributed by atoms with Gasteiger partial charge in [-0.05, 0) is 7.05 Å². The number of piperazine rings is 1. The van der Waals surface area contributed by atoms with Crippen LogP contribution in [0.3, 0.4) is 0 Å². The number of hydrogen-bond acceptors (Lipinski definition) is 5. The second-order valence-corrected chi connectivity index (χ2v) is 11.3. The molecule has 3 rings (SSSR count). The van der Waals surface area contributed by atoms with Crippen LogP contribution < -0.4 is 4.90 Å². The normalized spacial score (nSPS) is 17.9. The Morgan fingerprint density at radius 1 is 1.00 bits per heavy atom. The standard InChI is InChI=1S/C13H22N6Si/c1-17-5-7-18(8-6-17)13-11-12(15-9-14-11)16-10-19(13)20(2,3)4/h9-10H,5-8H2,1-4H3. The van der Waals surface area contributed by atoms with E-state index in [1.165, 1.54) is 5.82 Å². The van der Waals surface area contributed by atoms with Crippen LogP contribution in [0.25, 0.3) is 11.5 Å². The highest BCUT2D eigenvalue weighted by molar-refractivity contribution is 6.75. The fourth-order valence-electron chi connectivity index (χ4n) is 2.60. The molecule has 0 unspecified atom stereocenters. The number of aromatic nitrogens is 4. The van der Waals surface area contributed by atoms with Crippen molar-refractivity contribution in [2.75, 3.05) is 38.1 Å². The van der Waals surface area contributed by atoms with E-state index >= 15 is 0 Å². The van der Waals surface area contributed by atoms with Crippen molar-refractivity contribution in [3.05, 3.63) is 12.7 Å². The summed E-state index contributed by atoms with van der Waals surface area (Å²) in [6, 6.07) is 0. The van der Waals surface area contributed by atoms with Gasteiger partial charge in [-0.15, -0.1) is 0 Å². The van der Waals surface area contributed by atoms with Crippen LogP contribution in [0.2, 0.25) is 19.6 Å². The van der Waals surface area contributed by atoms with Crippen molar-refractivity contribution in [3.63, 3.8) is 0 Å². The van der Waals surface area contributed by atoms with Crippen LogP contribution in [0.15, 0.2) is 12.7 Å². The van der Waals surface area contributed by atoms with Gasteiger partial charge in [0.05, 0.1) is 6.33 Å². The van der Waals surface area contributed by atoms with Gasteiger partial charge in [0.2, 0.25) is 0 Å². The summed E-state index contributed by atoms with van der Waals surface area (Å²) < 4.78 is 2.36. The summed E-state index contributed by atoms with van der Waals surface area (Å²) in [4.78, 5) is 18.0. The van der Waals surface area contributed by atoms with Crippen molar-refractivity contribution in [1.82, 2.24) is 24.1 Å². The summed E-state index contributed by atoms with van der Waals surface area (Å²) >= 11 is 0. The predicted molar refractivity (Wildman–Crippen MR) is 82.9 cm³/mol. The zero-order valence-electron chi connectivity index (χ0n) is 12.7. The summed E-state index contributed by atoms with van der Waals surface area (Å²) in [5, 5.41) is 0. The number of nitrogens with zero attached hydrogens (tertiary/aromatic N) is 6. The third-order valence-electron chi connectivity index (χ3n) is 3.84. The van der Waals surface area contributed by atoms with Gasteiger partial charge >= 0.3 is 0 Å². The van der Waals surface area contributed by atoms with Gasteiger partial charge < -0.3 is 14.0 Å². The molecule has 1 fully saturated rings. The van der Waals surface area contributed by atoms with E-state index in [-0.39, 0.29) is 0 Å². The van der Waals surface area contributed by atoms with Crippen molar-refractivity contribution in [3.8, 4) is 11.5 Å². The van der Waals surface area contributed by atoms with Gasteiger partial charge in [-0.1, -0.05) is 19.6 Å². The monoisotopic (exact) mass is 290 g/mol. The molecule has 7 heteroatoms. The highest BCUT2D eigenvalue weighted by Crippen LogP contribution is 2.30.